The molecular weight excluding hydrogens is 837 g/mol. The number of hydrogen-bond donors (Lipinski definition) is 2. The van der Waals surface area contributed by atoms with E-state index in [9.17, 15) is 45.1 Å². The lowest BCUT2D eigenvalue weighted by Gasteiger charge is -2.23. The number of nitrogens with one attached hydrogen (secondary N) is 1. The number of benzene rings is 4. The van der Waals surface area contributed by atoms with E-state index in [4.69, 9.17) is 21.3 Å². The van der Waals surface area contributed by atoms with Gasteiger partial charge in [-0.15, -0.1) is 0 Å². The number of amides is 1. The number of methoxy groups -OCH3 is 1. The molecule has 1 atom stereocenters. The van der Waals surface area contributed by atoms with Crippen LogP contribution in [0.5, 0.6) is 5.75 Å². The Morgan fingerprint density at radius 3 is 2.30 bits per heavy atom. The summed E-state index contributed by atoms with van der Waals surface area (Å²) in [6.45, 7) is -0.198. The van der Waals surface area contributed by atoms with Gasteiger partial charge in [0.05, 0.1) is 64.2 Å². The second-order valence-corrected chi connectivity index (χ2v) is 15.9. The minimum Gasteiger partial charge on any atom is -0.497 e. The Bertz CT molecular complexity index is 2980. The molecule has 2 N–H and O–H groups in total. The van der Waals surface area contributed by atoms with Crippen LogP contribution in [0.3, 0.4) is 0 Å². The highest BCUT2D eigenvalue weighted by Gasteiger charge is 2.33. The highest BCUT2D eigenvalue weighted by molar-refractivity contribution is 7.92. The highest BCUT2D eigenvalue weighted by Crippen LogP contribution is 2.38. The van der Waals surface area contributed by atoms with Gasteiger partial charge in [-0.25, -0.2) is 36.3 Å². The van der Waals surface area contributed by atoms with Gasteiger partial charge in [0.25, 0.3) is 5.56 Å². The van der Waals surface area contributed by atoms with Crippen LogP contribution in [0.4, 0.5) is 32.6 Å². The van der Waals surface area contributed by atoms with Gasteiger partial charge >= 0.3 is 12.3 Å². The van der Waals surface area contributed by atoms with Crippen LogP contribution in [0.15, 0.2) is 95.8 Å². The number of carbonyl (C=O) groups is 1. The van der Waals surface area contributed by atoms with Crippen molar-refractivity contribution in [2.45, 2.75) is 25.2 Å². The molecule has 0 spiro atoms. The van der Waals surface area contributed by atoms with Gasteiger partial charge in [0.15, 0.2) is 5.82 Å². The van der Waals surface area contributed by atoms with Gasteiger partial charge in [-0.05, 0) is 71.8 Å². The molecule has 7 rings (SSSR count). The average molecular weight is 868 g/mol. The summed E-state index contributed by atoms with van der Waals surface area (Å²) in [5.74, 6) is -1.83. The molecule has 0 saturated carbocycles. The van der Waals surface area contributed by atoms with Crippen LogP contribution in [0.25, 0.3) is 38.8 Å². The van der Waals surface area contributed by atoms with Gasteiger partial charge in [0, 0.05) is 25.1 Å². The zero-order chi connectivity index (χ0) is 43.3. The Morgan fingerprint density at radius 2 is 1.67 bits per heavy atom. The molecule has 0 aliphatic heterocycles. The van der Waals surface area contributed by atoms with Crippen molar-refractivity contribution in [1.29, 1.82) is 0 Å². The third kappa shape index (κ3) is 8.30. The molecule has 3 aromatic heterocycles. The molecule has 1 amide bonds. The summed E-state index contributed by atoms with van der Waals surface area (Å²) in [5.41, 5.74) is -1.44. The van der Waals surface area contributed by atoms with Crippen molar-refractivity contribution in [3.63, 3.8) is 0 Å². The SMILES string of the molecule is COc1ccc(CN(c2nn(C)c3c(-n4c(C(Cc5cc(F)cc(F)c5)NC(=O)O)nc5cc(-c6cccc(C(F)(F)F)n6)ccc5c4=O)ccc(Cl)c23)S(C)(=O)=O)cc1. The molecule has 20 heteroatoms. The summed E-state index contributed by atoms with van der Waals surface area (Å²) >= 11 is 6.80. The topological polar surface area (TPSA) is 162 Å². The van der Waals surface area contributed by atoms with Gasteiger partial charge in [-0.3, -0.25) is 14.0 Å². The number of sulfonamides is 1. The first-order valence-corrected chi connectivity index (χ1v) is 19.9. The summed E-state index contributed by atoms with van der Waals surface area (Å²) in [6, 6.07) is 17.7. The maximum atomic E-state index is 14.9. The van der Waals surface area contributed by atoms with Crippen molar-refractivity contribution in [3.8, 4) is 22.7 Å². The molecule has 13 nitrogen and oxygen atoms in total. The third-order valence-corrected chi connectivity index (χ3v) is 10.9. The predicted octanol–water partition coefficient (Wildman–Crippen LogP) is 7.81. The van der Waals surface area contributed by atoms with Crippen LogP contribution in [-0.2, 0) is 36.2 Å². The zero-order valence-electron chi connectivity index (χ0n) is 31.5. The number of anilines is 1. The molecular formula is C40H31ClF5N7O6S. The second kappa shape index (κ2) is 15.9. The van der Waals surface area contributed by atoms with Crippen molar-refractivity contribution in [1.82, 2.24) is 29.6 Å². The minimum absolute atomic E-state index is 0.00539. The minimum atomic E-state index is -4.76. The largest absolute Gasteiger partial charge is 0.497 e. The standard InChI is InChI=1S/C40H31ClF5N7O6S/c1-51-35-32(14-13-28(41)34(35)37(50-51)52(60(3,57)58)20-21-7-10-26(59-2)11-8-21)53-36(31(49-39(55)56)17-22-15-24(42)19-25(43)16-22)48-30-18-23(9-12-27(30)38(53)54)29-5-4-6-33(47-29)40(44,45)46/h4-16,18-19,31,49H,17,20H2,1-3H3,(H,55,56). The number of carboxylic acid groups (broad SMARTS) is 1. The molecule has 3 heterocycles. The van der Waals surface area contributed by atoms with Crippen molar-refractivity contribution >= 4 is 55.3 Å². The van der Waals surface area contributed by atoms with E-state index in [0.717, 1.165) is 39.4 Å². The van der Waals surface area contributed by atoms with Gasteiger partial charge in [-0.2, -0.15) is 18.3 Å². The number of aryl methyl sites for hydroxylation is 1. The first kappa shape index (κ1) is 41.6. The lowest BCUT2D eigenvalue weighted by Crippen LogP contribution is -2.35. The summed E-state index contributed by atoms with van der Waals surface area (Å²) < 4.78 is 105. The first-order valence-electron chi connectivity index (χ1n) is 17.6. The summed E-state index contributed by atoms with van der Waals surface area (Å²) in [7, 11) is -1.12. The number of rotatable bonds is 11. The van der Waals surface area contributed by atoms with Crippen molar-refractivity contribution < 1.29 is 45.0 Å². The van der Waals surface area contributed by atoms with Gasteiger partial charge in [0.2, 0.25) is 10.0 Å². The van der Waals surface area contributed by atoms with E-state index in [2.05, 4.69) is 15.4 Å². The highest BCUT2D eigenvalue weighted by atomic mass is 35.5. The predicted molar refractivity (Wildman–Crippen MR) is 213 cm³/mol. The fraction of sp³-hybridized carbons (Fsp3) is 0.175. The zero-order valence-corrected chi connectivity index (χ0v) is 33.1. The molecule has 1 unspecified atom stereocenters. The van der Waals surface area contributed by atoms with E-state index in [1.807, 2.05) is 0 Å². The van der Waals surface area contributed by atoms with Crippen molar-refractivity contribution in [3.05, 3.63) is 141 Å². The molecule has 7 aromatic rings. The normalized spacial score (nSPS) is 12.5. The Morgan fingerprint density at radius 1 is 0.967 bits per heavy atom. The van der Waals surface area contributed by atoms with Crippen LogP contribution in [0.2, 0.25) is 5.02 Å². The number of fused-ring (bicyclic) bond motifs is 2. The monoisotopic (exact) mass is 867 g/mol. The summed E-state index contributed by atoms with van der Waals surface area (Å²) in [5, 5.41) is 16.9. The molecule has 310 valence electrons. The number of halogens is 6. The Labute approximate surface area is 342 Å². The van der Waals surface area contributed by atoms with Gasteiger partial charge in [0.1, 0.15) is 28.9 Å². The summed E-state index contributed by atoms with van der Waals surface area (Å²) in [6.07, 6.45) is -5.84. The quantitative estimate of drug-likeness (QED) is 0.124. The van der Waals surface area contributed by atoms with Crippen LogP contribution in [0, 0.1) is 11.6 Å². The van der Waals surface area contributed by atoms with E-state index in [1.54, 1.807) is 24.3 Å². The molecule has 0 bridgehead atoms. The Balaban J connectivity index is 1.50. The van der Waals surface area contributed by atoms with Gasteiger partial charge in [-0.1, -0.05) is 35.9 Å². The molecule has 0 aliphatic carbocycles. The maximum absolute atomic E-state index is 14.9. The fourth-order valence-corrected chi connectivity index (χ4v) is 7.90. The lowest BCUT2D eigenvalue weighted by atomic mass is 10.0. The molecule has 0 fully saturated rings. The fourth-order valence-electron chi connectivity index (χ4n) is 6.84. The Hall–Kier alpha value is -6.60. The molecule has 0 saturated heterocycles. The second-order valence-electron chi connectivity index (χ2n) is 13.6. The lowest BCUT2D eigenvalue weighted by molar-refractivity contribution is -0.141. The number of nitrogens with zero attached hydrogens (tertiary/aromatic N) is 6. The number of hydrogen-bond acceptors (Lipinski definition) is 8. The van der Waals surface area contributed by atoms with Crippen molar-refractivity contribution in [2.24, 2.45) is 7.05 Å². The molecule has 0 radical (unpaired) electrons. The molecule has 4 aromatic carbocycles. The molecule has 0 aliphatic rings. The van der Waals surface area contributed by atoms with Crippen LogP contribution in [0.1, 0.15) is 28.7 Å². The van der Waals surface area contributed by atoms with Gasteiger partial charge < -0.3 is 15.2 Å². The number of aromatic nitrogens is 5. The smallest absolute Gasteiger partial charge is 0.433 e. The van der Waals surface area contributed by atoms with Crippen LogP contribution >= 0.6 is 11.6 Å². The van der Waals surface area contributed by atoms with E-state index >= 15 is 0 Å². The average Bonchev–Trinajstić information content (AvgIpc) is 3.53. The van der Waals surface area contributed by atoms with E-state index in [0.29, 0.717) is 17.4 Å². The maximum Gasteiger partial charge on any atom is 0.433 e. The van der Waals surface area contributed by atoms with Crippen LogP contribution < -0.4 is 19.9 Å². The van der Waals surface area contributed by atoms with E-state index in [-0.39, 0.29) is 67.5 Å². The van der Waals surface area contributed by atoms with E-state index in [1.165, 1.54) is 55.2 Å². The van der Waals surface area contributed by atoms with Crippen LogP contribution in [-0.4, -0.2) is 57.3 Å². The Kier molecular flexibility index (Phi) is 11.0. The molecule has 60 heavy (non-hydrogen) atoms. The summed E-state index contributed by atoms with van der Waals surface area (Å²) in [4.78, 5) is 35.6. The number of ether oxygens (including phenoxy) is 1. The number of alkyl halides is 3. The third-order valence-electron chi connectivity index (χ3n) is 9.46. The number of pyridine rings is 1. The van der Waals surface area contributed by atoms with Crippen molar-refractivity contribution in [2.75, 3.05) is 17.7 Å². The first-order chi connectivity index (χ1) is 28.3. The van der Waals surface area contributed by atoms with E-state index < -0.39 is 57.6 Å².